The third-order valence-electron chi connectivity index (χ3n) is 4.82. The molecule has 2 rings (SSSR count). The highest BCUT2D eigenvalue weighted by atomic mass is 16.5. The van der Waals surface area contributed by atoms with Gasteiger partial charge in [-0.15, -0.1) is 0 Å². The van der Waals surface area contributed by atoms with E-state index in [2.05, 4.69) is 10.4 Å². The second-order valence-electron chi connectivity index (χ2n) is 7.01. The van der Waals surface area contributed by atoms with Crippen molar-refractivity contribution in [2.24, 2.45) is 7.05 Å². The average molecular weight is 385 g/mol. The Hall–Kier alpha value is -2.96. The zero-order valence-electron chi connectivity index (χ0n) is 17.3. The Morgan fingerprint density at radius 1 is 1.11 bits per heavy atom. The summed E-state index contributed by atoms with van der Waals surface area (Å²) in [6.45, 7) is 9.04. The smallest absolute Gasteiger partial charge is 0.307 e. The largest absolute Gasteiger partial charge is 0.453 e. The van der Waals surface area contributed by atoms with E-state index in [-0.39, 0.29) is 18.6 Å². The van der Waals surface area contributed by atoms with Gasteiger partial charge in [0.25, 0.3) is 5.91 Å². The normalized spacial score (nSPS) is 11.8. The van der Waals surface area contributed by atoms with E-state index in [9.17, 15) is 14.4 Å². The van der Waals surface area contributed by atoms with Crippen molar-refractivity contribution in [2.75, 3.05) is 5.32 Å². The summed E-state index contributed by atoms with van der Waals surface area (Å²) in [6, 6.07) is 5.46. The van der Waals surface area contributed by atoms with Crippen molar-refractivity contribution in [1.82, 2.24) is 9.78 Å². The Kier molecular flexibility index (Phi) is 6.72. The lowest BCUT2D eigenvalue weighted by Crippen LogP contribution is -2.30. The molecule has 0 aliphatic rings. The van der Waals surface area contributed by atoms with E-state index in [0.29, 0.717) is 16.9 Å². The van der Waals surface area contributed by atoms with Crippen molar-refractivity contribution in [1.29, 1.82) is 0 Å². The van der Waals surface area contributed by atoms with Crippen LogP contribution in [0.1, 0.15) is 52.6 Å². The van der Waals surface area contributed by atoms with Crippen LogP contribution in [0.5, 0.6) is 0 Å². The van der Waals surface area contributed by atoms with Gasteiger partial charge in [-0.05, 0) is 51.8 Å². The van der Waals surface area contributed by atoms with Crippen LogP contribution in [0.2, 0.25) is 0 Å². The number of benzene rings is 1. The molecular weight excluding hydrogens is 358 g/mol. The third-order valence-corrected chi connectivity index (χ3v) is 4.82. The van der Waals surface area contributed by atoms with Crippen LogP contribution in [-0.4, -0.2) is 33.5 Å². The molecule has 1 heterocycles. The standard InChI is InChI=1S/C21H27N3O4/c1-12-7-8-17(11-13(12)2)18(25)9-10-19(26)28-16(5)21(27)22-20-14(3)23-24(6)15(20)4/h7-8,11,16H,9-10H2,1-6H3,(H,22,27)/t16-/m1/s1. The van der Waals surface area contributed by atoms with Gasteiger partial charge in [-0.2, -0.15) is 5.10 Å². The molecule has 0 saturated carbocycles. The van der Waals surface area contributed by atoms with Crippen molar-refractivity contribution >= 4 is 23.3 Å². The number of Topliss-reactive ketones (excluding diaryl/α,β-unsaturated/α-hetero) is 1. The van der Waals surface area contributed by atoms with E-state index in [4.69, 9.17) is 4.74 Å². The highest BCUT2D eigenvalue weighted by Gasteiger charge is 2.21. The number of nitrogens with one attached hydrogen (secondary N) is 1. The van der Waals surface area contributed by atoms with Crippen molar-refractivity contribution in [3.05, 3.63) is 46.3 Å². The lowest BCUT2D eigenvalue weighted by molar-refractivity contribution is -0.153. The van der Waals surface area contributed by atoms with E-state index >= 15 is 0 Å². The first-order valence-corrected chi connectivity index (χ1v) is 9.21. The fraction of sp³-hybridized carbons (Fsp3) is 0.429. The molecule has 0 radical (unpaired) electrons. The fourth-order valence-electron chi connectivity index (χ4n) is 2.76. The van der Waals surface area contributed by atoms with Gasteiger partial charge in [0.15, 0.2) is 11.9 Å². The SMILES string of the molecule is Cc1ccc(C(=O)CCC(=O)O[C@H](C)C(=O)Nc2c(C)nn(C)c2C)cc1C. The molecule has 28 heavy (non-hydrogen) atoms. The molecule has 0 fully saturated rings. The average Bonchev–Trinajstić information content (AvgIpc) is 2.87. The topological polar surface area (TPSA) is 90.3 Å². The molecule has 7 heteroatoms. The predicted molar refractivity (Wildman–Crippen MR) is 106 cm³/mol. The first kappa shape index (κ1) is 21.3. The second kappa shape index (κ2) is 8.82. The van der Waals surface area contributed by atoms with Crippen LogP contribution in [0.25, 0.3) is 0 Å². The van der Waals surface area contributed by atoms with Crippen LogP contribution in [0.4, 0.5) is 5.69 Å². The summed E-state index contributed by atoms with van der Waals surface area (Å²) < 4.78 is 6.84. The molecule has 1 aromatic heterocycles. The molecule has 1 aromatic carbocycles. The number of carbonyl (C=O) groups is 3. The fourth-order valence-corrected chi connectivity index (χ4v) is 2.76. The van der Waals surface area contributed by atoms with Gasteiger partial charge in [0.1, 0.15) is 0 Å². The Morgan fingerprint density at radius 2 is 1.79 bits per heavy atom. The van der Waals surface area contributed by atoms with Crippen LogP contribution in [0.3, 0.4) is 0 Å². The van der Waals surface area contributed by atoms with Crippen LogP contribution in [0.15, 0.2) is 18.2 Å². The van der Waals surface area contributed by atoms with Gasteiger partial charge in [-0.25, -0.2) is 0 Å². The van der Waals surface area contributed by atoms with E-state index in [0.717, 1.165) is 16.8 Å². The number of hydrogen-bond donors (Lipinski definition) is 1. The maximum absolute atomic E-state index is 12.3. The summed E-state index contributed by atoms with van der Waals surface area (Å²) in [5.74, 6) is -1.15. The van der Waals surface area contributed by atoms with Crippen molar-refractivity contribution in [3.8, 4) is 0 Å². The van der Waals surface area contributed by atoms with Gasteiger partial charge in [-0.1, -0.05) is 12.1 Å². The number of nitrogens with zero attached hydrogens (tertiary/aromatic N) is 2. The van der Waals surface area contributed by atoms with Gasteiger partial charge in [-0.3, -0.25) is 19.1 Å². The number of aryl methyl sites for hydroxylation is 4. The van der Waals surface area contributed by atoms with E-state index in [1.54, 1.807) is 24.7 Å². The number of aromatic nitrogens is 2. The van der Waals surface area contributed by atoms with Gasteiger partial charge >= 0.3 is 5.97 Å². The summed E-state index contributed by atoms with van der Waals surface area (Å²) in [7, 11) is 1.79. The van der Waals surface area contributed by atoms with Gasteiger partial charge < -0.3 is 10.1 Å². The maximum Gasteiger partial charge on any atom is 0.307 e. The summed E-state index contributed by atoms with van der Waals surface area (Å²) in [5, 5.41) is 6.97. The molecule has 1 amide bonds. The highest BCUT2D eigenvalue weighted by molar-refractivity contribution is 5.98. The zero-order chi connectivity index (χ0) is 21.0. The van der Waals surface area contributed by atoms with E-state index < -0.39 is 18.0 Å². The van der Waals surface area contributed by atoms with E-state index in [1.165, 1.54) is 6.92 Å². The number of carbonyl (C=O) groups excluding carboxylic acids is 3. The summed E-state index contributed by atoms with van der Waals surface area (Å²) in [4.78, 5) is 36.6. The van der Waals surface area contributed by atoms with Crippen molar-refractivity contribution in [3.63, 3.8) is 0 Å². The highest BCUT2D eigenvalue weighted by Crippen LogP contribution is 2.19. The summed E-state index contributed by atoms with van der Waals surface area (Å²) in [6.07, 6.45) is -1.01. The molecule has 0 saturated heterocycles. The van der Waals surface area contributed by atoms with Crippen LogP contribution in [0, 0.1) is 27.7 Å². The molecule has 0 bridgehead atoms. The van der Waals surface area contributed by atoms with Crippen molar-refractivity contribution < 1.29 is 19.1 Å². The molecule has 0 aliphatic carbocycles. The van der Waals surface area contributed by atoms with Gasteiger partial charge in [0.2, 0.25) is 0 Å². The minimum absolute atomic E-state index is 0.0382. The lowest BCUT2D eigenvalue weighted by atomic mass is 10.0. The zero-order valence-corrected chi connectivity index (χ0v) is 17.3. The Labute approximate surface area is 165 Å². The molecule has 1 N–H and O–H groups in total. The monoisotopic (exact) mass is 385 g/mol. The quantitative estimate of drug-likeness (QED) is 0.584. The first-order chi connectivity index (χ1) is 13.1. The number of hydrogen-bond acceptors (Lipinski definition) is 5. The van der Waals surface area contributed by atoms with Gasteiger partial charge in [0, 0.05) is 19.0 Å². The molecule has 0 unspecified atom stereocenters. The minimum atomic E-state index is -0.969. The number of ether oxygens (including phenoxy) is 1. The first-order valence-electron chi connectivity index (χ1n) is 9.21. The van der Waals surface area contributed by atoms with E-state index in [1.807, 2.05) is 32.9 Å². The Bertz CT molecular complexity index is 915. The Morgan fingerprint density at radius 3 is 2.36 bits per heavy atom. The molecule has 0 aliphatic heterocycles. The Balaban J connectivity index is 1.87. The summed E-state index contributed by atoms with van der Waals surface area (Å²) in [5.41, 5.74) is 4.81. The maximum atomic E-state index is 12.3. The van der Waals surface area contributed by atoms with Crippen molar-refractivity contribution in [2.45, 2.75) is 53.6 Å². The van der Waals surface area contributed by atoms with Crippen LogP contribution < -0.4 is 5.32 Å². The number of rotatable bonds is 7. The lowest BCUT2D eigenvalue weighted by Gasteiger charge is -2.13. The predicted octanol–water partition coefficient (Wildman–Crippen LogP) is 3.19. The molecular formula is C21H27N3O4. The molecule has 2 aromatic rings. The molecule has 7 nitrogen and oxygen atoms in total. The molecule has 150 valence electrons. The van der Waals surface area contributed by atoms with Crippen LogP contribution >= 0.6 is 0 Å². The van der Waals surface area contributed by atoms with Crippen LogP contribution in [-0.2, 0) is 21.4 Å². The number of esters is 1. The number of amides is 1. The second-order valence-corrected chi connectivity index (χ2v) is 7.01. The third kappa shape index (κ3) is 5.06. The summed E-state index contributed by atoms with van der Waals surface area (Å²) >= 11 is 0. The minimum Gasteiger partial charge on any atom is -0.453 e. The van der Waals surface area contributed by atoms with Gasteiger partial charge in [0.05, 0.1) is 23.5 Å². The molecule has 0 spiro atoms. The number of ketones is 1. The molecule has 1 atom stereocenters. The number of anilines is 1.